The van der Waals surface area contributed by atoms with Crippen LogP contribution in [0.2, 0.25) is 0 Å². The monoisotopic (exact) mass is 310 g/mol. The highest BCUT2D eigenvalue weighted by atomic mass is 19.1. The Morgan fingerprint density at radius 3 is 3.09 bits per heavy atom. The second-order valence-corrected chi connectivity index (χ2v) is 5.74. The highest BCUT2D eigenvalue weighted by Crippen LogP contribution is 2.40. The summed E-state index contributed by atoms with van der Waals surface area (Å²) in [5.41, 5.74) is 2.93. The molecule has 3 aromatic rings. The Morgan fingerprint density at radius 1 is 1.30 bits per heavy atom. The number of hydrogen-bond acceptors (Lipinski definition) is 3. The van der Waals surface area contributed by atoms with E-state index in [2.05, 4.69) is 22.1 Å². The summed E-state index contributed by atoms with van der Waals surface area (Å²) in [6.07, 6.45) is 5.64. The Hall–Kier alpha value is -2.56. The number of aromatic nitrogens is 2. The van der Waals surface area contributed by atoms with Gasteiger partial charge in [-0.25, -0.2) is 8.91 Å². The van der Waals surface area contributed by atoms with Gasteiger partial charge in [0.1, 0.15) is 11.6 Å². The second kappa shape index (κ2) is 5.57. The summed E-state index contributed by atoms with van der Waals surface area (Å²) in [5.74, 6) is 0.507. The van der Waals surface area contributed by atoms with Gasteiger partial charge < -0.3 is 9.64 Å². The van der Waals surface area contributed by atoms with E-state index in [1.807, 2.05) is 12.3 Å². The first-order valence-corrected chi connectivity index (χ1v) is 7.71. The zero-order valence-corrected chi connectivity index (χ0v) is 12.9. The van der Waals surface area contributed by atoms with Gasteiger partial charge in [0, 0.05) is 30.1 Å². The van der Waals surface area contributed by atoms with Gasteiger partial charge in [0.15, 0.2) is 0 Å². The van der Waals surface area contributed by atoms with Crippen molar-refractivity contribution in [3.05, 3.63) is 60.2 Å². The number of halogens is 1. The average molecular weight is 310 g/mol. The van der Waals surface area contributed by atoms with E-state index in [1.165, 1.54) is 6.07 Å². The summed E-state index contributed by atoms with van der Waals surface area (Å²) in [5, 5.41) is 4.18. The van der Waals surface area contributed by atoms with Crippen LogP contribution >= 0.6 is 0 Å². The number of rotatable bonds is 3. The summed E-state index contributed by atoms with van der Waals surface area (Å²) in [7, 11) is 1.63. The molecule has 1 atom stereocenters. The quantitative estimate of drug-likeness (QED) is 0.740. The van der Waals surface area contributed by atoms with E-state index in [4.69, 9.17) is 4.74 Å². The van der Waals surface area contributed by atoms with Crippen molar-refractivity contribution in [1.82, 2.24) is 9.61 Å². The van der Waals surface area contributed by atoms with E-state index in [1.54, 1.807) is 30.0 Å². The lowest BCUT2D eigenvalue weighted by molar-refractivity contribution is 0.404. The third-order valence-corrected chi connectivity index (χ3v) is 4.45. The van der Waals surface area contributed by atoms with Crippen molar-refractivity contribution in [3.63, 3.8) is 0 Å². The summed E-state index contributed by atoms with van der Waals surface area (Å²) < 4.78 is 21.0. The zero-order valence-electron chi connectivity index (χ0n) is 12.9. The second-order valence-electron chi connectivity index (χ2n) is 5.74. The SMILES string of the molecule is COc1ccc(F)cc1[C@H]1CCCN1c1ccn2nc[c]c2c1. The van der Waals surface area contributed by atoms with Crippen molar-refractivity contribution < 1.29 is 9.13 Å². The van der Waals surface area contributed by atoms with Gasteiger partial charge in [0.2, 0.25) is 0 Å². The Bertz CT molecular complexity index is 845. The molecule has 117 valence electrons. The van der Waals surface area contributed by atoms with E-state index in [9.17, 15) is 4.39 Å². The number of pyridine rings is 1. The maximum Gasteiger partial charge on any atom is 0.124 e. The fraction of sp³-hybridized carbons (Fsp3) is 0.278. The molecule has 0 aliphatic carbocycles. The van der Waals surface area contributed by atoms with Gasteiger partial charge in [-0.1, -0.05) is 0 Å². The normalized spacial score (nSPS) is 17.8. The van der Waals surface area contributed by atoms with Gasteiger partial charge in [0.05, 0.1) is 24.9 Å². The number of benzene rings is 1. The Kier molecular flexibility index (Phi) is 3.41. The predicted octanol–water partition coefficient (Wildman–Crippen LogP) is 3.62. The molecule has 4 nitrogen and oxygen atoms in total. The maximum atomic E-state index is 13.7. The molecule has 1 radical (unpaired) electrons. The average Bonchev–Trinajstić information content (AvgIpc) is 3.23. The third kappa shape index (κ3) is 2.42. The van der Waals surface area contributed by atoms with Crippen LogP contribution < -0.4 is 9.64 Å². The van der Waals surface area contributed by atoms with Gasteiger partial charge in [-0.3, -0.25) is 0 Å². The van der Waals surface area contributed by atoms with Crippen LogP contribution in [-0.2, 0) is 0 Å². The number of methoxy groups -OCH3 is 1. The topological polar surface area (TPSA) is 29.8 Å². The maximum absolute atomic E-state index is 13.7. The molecule has 5 heteroatoms. The van der Waals surface area contributed by atoms with Gasteiger partial charge in [-0.2, -0.15) is 5.10 Å². The lowest BCUT2D eigenvalue weighted by Crippen LogP contribution is -2.23. The van der Waals surface area contributed by atoms with Crippen molar-refractivity contribution >= 4 is 11.2 Å². The van der Waals surface area contributed by atoms with Crippen LogP contribution in [0.25, 0.3) is 5.52 Å². The van der Waals surface area contributed by atoms with E-state index >= 15 is 0 Å². The van der Waals surface area contributed by atoms with Crippen molar-refractivity contribution in [3.8, 4) is 5.75 Å². The number of nitrogens with zero attached hydrogens (tertiary/aromatic N) is 3. The molecular weight excluding hydrogens is 293 g/mol. The molecular formula is C18H17FN3O. The van der Waals surface area contributed by atoms with Crippen molar-refractivity contribution in [2.45, 2.75) is 18.9 Å². The van der Waals surface area contributed by atoms with Crippen LogP contribution in [0.15, 0.2) is 42.7 Å². The van der Waals surface area contributed by atoms with E-state index in [-0.39, 0.29) is 11.9 Å². The molecule has 23 heavy (non-hydrogen) atoms. The summed E-state index contributed by atoms with van der Waals surface area (Å²) in [6, 6.07) is 12.1. The Labute approximate surface area is 134 Å². The minimum absolute atomic E-state index is 0.117. The summed E-state index contributed by atoms with van der Waals surface area (Å²) in [4.78, 5) is 2.30. The van der Waals surface area contributed by atoms with Crippen LogP contribution in [-0.4, -0.2) is 23.3 Å². The molecule has 1 fully saturated rings. The van der Waals surface area contributed by atoms with Crippen LogP contribution in [0.5, 0.6) is 5.75 Å². The van der Waals surface area contributed by atoms with Gasteiger partial charge >= 0.3 is 0 Å². The first-order valence-electron chi connectivity index (χ1n) is 7.71. The van der Waals surface area contributed by atoms with Gasteiger partial charge in [0.25, 0.3) is 0 Å². The molecule has 2 aromatic heterocycles. The lowest BCUT2D eigenvalue weighted by atomic mass is 10.0. The van der Waals surface area contributed by atoms with Crippen molar-refractivity contribution in [2.75, 3.05) is 18.6 Å². The van der Waals surface area contributed by atoms with Gasteiger partial charge in [-0.15, -0.1) is 0 Å². The first-order chi connectivity index (χ1) is 11.3. The Morgan fingerprint density at radius 2 is 2.22 bits per heavy atom. The highest BCUT2D eigenvalue weighted by molar-refractivity contribution is 5.60. The van der Waals surface area contributed by atoms with E-state index in [0.29, 0.717) is 0 Å². The molecule has 1 aromatic carbocycles. The molecule has 3 heterocycles. The first kappa shape index (κ1) is 14.1. The number of ether oxygens (including phenoxy) is 1. The summed E-state index contributed by atoms with van der Waals surface area (Å²) in [6.45, 7) is 0.939. The smallest absolute Gasteiger partial charge is 0.124 e. The number of hydrogen-bond donors (Lipinski definition) is 0. The minimum atomic E-state index is -0.229. The fourth-order valence-corrected chi connectivity index (χ4v) is 3.39. The standard InChI is InChI=1S/C18H17FN3O/c1-23-18-5-4-13(19)11-16(18)17-3-2-9-21(17)14-7-10-22-15(12-14)6-8-20-22/h4-5,7-8,10-12,17H,2-3,9H2,1H3/t17-/m1/s1. The Balaban J connectivity index is 1.75. The lowest BCUT2D eigenvalue weighted by Gasteiger charge is -2.28. The molecule has 1 aliphatic heterocycles. The molecule has 1 saturated heterocycles. The molecule has 0 bridgehead atoms. The fourth-order valence-electron chi connectivity index (χ4n) is 3.39. The number of fused-ring (bicyclic) bond motifs is 1. The highest BCUT2D eigenvalue weighted by Gasteiger charge is 2.29. The van der Waals surface area contributed by atoms with Crippen LogP contribution in [0, 0.1) is 11.9 Å². The minimum Gasteiger partial charge on any atom is -0.496 e. The largest absolute Gasteiger partial charge is 0.496 e. The summed E-state index contributed by atoms with van der Waals surface area (Å²) >= 11 is 0. The third-order valence-electron chi connectivity index (χ3n) is 4.45. The molecule has 0 unspecified atom stereocenters. The molecule has 0 saturated carbocycles. The van der Waals surface area contributed by atoms with Crippen molar-refractivity contribution in [2.24, 2.45) is 0 Å². The van der Waals surface area contributed by atoms with Crippen LogP contribution in [0.4, 0.5) is 10.1 Å². The molecule has 1 aliphatic rings. The zero-order chi connectivity index (χ0) is 15.8. The number of anilines is 1. The predicted molar refractivity (Wildman–Crippen MR) is 86.3 cm³/mol. The van der Waals surface area contributed by atoms with Crippen LogP contribution in [0.1, 0.15) is 24.4 Å². The molecule has 0 amide bonds. The molecule has 0 spiro atoms. The van der Waals surface area contributed by atoms with E-state index in [0.717, 1.165) is 41.9 Å². The van der Waals surface area contributed by atoms with Crippen LogP contribution in [0.3, 0.4) is 0 Å². The molecule has 0 N–H and O–H groups in total. The molecule has 4 rings (SSSR count). The van der Waals surface area contributed by atoms with Crippen molar-refractivity contribution in [1.29, 1.82) is 0 Å². The van der Waals surface area contributed by atoms with Gasteiger partial charge in [-0.05, 0) is 43.2 Å². The van der Waals surface area contributed by atoms with E-state index < -0.39 is 0 Å².